The molecule has 1 saturated heterocycles. The Morgan fingerprint density at radius 1 is 1.23 bits per heavy atom. The highest BCUT2D eigenvalue weighted by atomic mass is 16.5. The van der Waals surface area contributed by atoms with Crippen LogP contribution in [-0.4, -0.2) is 71.7 Å². The molecule has 250 valence electrons. The van der Waals surface area contributed by atoms with Crippen LogP contribution in [0.15, 0.2) is 59.7 Å². The summed E-state index contributed by atoms with van der Waals surface area (Å²) in [6.07, 6.45) is 5.36. The highest BCUT2D eigenvalue weighted by Crippen LogP contribution is 2.39. The Bertz CT molecular complexity index is 1740. The highest BCUT2D eigenvalue weighted by molar-refractivity contribution is 5.94. The van der Waals surface area contributed by atoms with Gasteiger partial charge in [-0.1, -0.05) is 38.6 Å². The fourth-order valence-electron chi connectivity index (χ4n) is 6.71. The number of aliphatic imine (C=N–C) groups is 1. The molecule has 1 fully saturated rings. The third kappa shape index (κ3) is 7.35. The number of hydrazine groups is 1. The molecule has 0 unspecified atom stereocenters. The van der Waals surface area contributed by atoms with Gasteiger partial charge in [-0.2, -0.15) is 0 Å². The molecule has 1 aromatic heterocycles. The summed E-state index contributed by atoms with van der Waals surface area (Å²) >= 11 is 0. The zero-order valence-corrected chi connectivity index (χ0v) is 28.1. The van der Waals surface area contributed by atoms with Gasteiger partial charge < -0.3 is 24.9 Å². The predicted molar refractivity (Wildman–Crippen MR) is 186 cm³/mol. The van der Waals surface area contributed by atoms with E-state index in [2.05, 4.69) is 67.5 Å². The number of nitrogens with zero attached hydrogens (tertiary/aromatic N) is 3. The molecular formula is C37H47N5O5. The van der Waals surface area contributed by atoms with Gasteiger partial charge in [0.05, 0.1) is 25.0 Å². The fourth-order valence-corrected chi connectivity index (χ4v) is 6.71. The minimum absolute atomic E-state index is 0.0989. The molecule has 2 aromatic carbocycles. The van der Waals surface area contributed by atoms with Gasteiger partial charge in [-0.05, 0) is 91.6 Å². The first-order valence-electron chi connectivity index (χ1n) is 16.3. The van der Waals surface area contributed by atoms with Crippen molar-refractivity contribution in [2.75, 3.05) is 26.9 Å². The normalized spacial score (nSPS) is 21.0. The number of phenols is 1. The van der Waals surface area contributed by atoms with Crippen molar-refractivity contribution in [3.8, 4) is 16.9 Å². The van der Waals surface area contributed by atoms with E-state index in [9.17, 15) is 14.7 Å². The number of hydrogen-bond donors (Lipinski definition) is 3. The Kier molecular flexibility index (Phi) is 10.3. The lowest BCUT2D eigenvalue weighted by Gasteiger charge is -2.35. The maximum atomic E-state index is 13.3. The first-order valence-corrected chi connectivity index (χ1v) is 16.3. The maximum Gasteiger partial charge on any atom is 0.324 e. The van der Waals surface area contributed by atoms with Crippen LogP contribution < -0.4 is 11.2 Å². The summed E-state index contributed by atoms with van der Waals surface area (Å²) in [5.74, 6) is -0.595. The number of phenolic OH excluding ortho intramolecular Hbond substituents is 1. The molecule has 0 saturated carbocycles. The van der Waals surface area contributed by atoms with Crippen LogP contribution >= 0.6 is 0 Å². The third-order valence-corrected chi connectivity index (χ3v) is 8.97. The second kappa shape index (κ2) is 14.3. The number of nitrogens with one attached hydrogen (secondary N) is 1. The molecule has 10 nitrogen and oxygen atoms in total. The number of aromatic hydroxyl groups is 1. The Balaban J connectivity index is 1.74. The van der Waals surface area contributed by atoms with Gasteiger partial charge in [-0.15, -0.1) is 0 Å². The number of cyclic esters (lactones) is 1. The third-order valence-electron chi connectivity index (χ3n) is 8.97. The first kappa shape index (κ1) is 34.1. The van der Waals surface area contributed by atoms with Crippen LogP contribution in [-0.2, 0) is 38.4 Å². The molecule has 3 aromatic rings. The number of aryl methyl sites for hydroxylation is 1. The van der Waals surface area contributed by atoms with Gasteiger partial charge in [0, 0.05) is 48.4 Å². The Hall–Kier alpha value is -4.25. The highest BCUT2D eigenvalue weighted by Gasteiger charge is 2.33. The molecule has 47 heavy (non-hydrogen) atoms. The first-order chi connectivity index (χ1) is 22.5. The van der Waals surface area contributed by atoms with Crippen molar-refractivity contribution in [3.05, 3.63) is 71.6 Å². The molecule has 2 aliphatic heterocycles. The molecule has 1 amide bonds. The van der Waals surface area contributed by atoms with Crippen LogP contribution in [0.3, 0.4) is 0 Å². The number of nitrogens with two attached hydrogens (primary N) is 1. The number of fused-ring (bicyclic) bond motifs is 6. The number of carbonyl (C=O) groups excluding carboxylic acids is 2. The smallest absolute Gasteiger partial charge is 0.324 e. The molecule has 0 aliphatic carbocycles. The van der Waals surface area contributed by atoms with E-state index in [4.69, 9.17) is 15.2 Å². The minimum Gasteiger partial charge on any atom is -0.508 e. The lowest BCUT2D eigenvalue weighted by atomic mass is 9.84. The average molecular weight is 642 g/mol. The molecular weight excluding hydrogens is 594 g/mol. The van der Waals surface area contributed by atoms with E-state index < -0.39 is 23.5 Å². The summed E-state index contributed by atoms with van der Waals surface area (Å²) in [6.45, 7) is 13.9. The van der Waals surface area contributed by atoms with Crippen molar-refractivity contribution in [3.63, 3.8) is 0 Å². The van der Waals surface area contributed by atoms with Crippen LogP contribution in [0.25, 0.3) is 27.6 Å². The van der Waals surface area contributed by atoms with Gasteiger partial charge in [0.25, 0.3) is 5.91 Å². The zero-order chi connectivity index (χ0) is 33.9. The van der Waals surface area contributed by atoms with E-state index in [-0.39, 0.29) is 24.7 Å². The number of aromatic nitrogens is 1. The fraction of sp³-hybridized carbons (Fsp3) is 0.432. The Morgan fingerprint density at radius 3 is 2.74 bits per heavy atom. The number of benzene rings is 2. The van der Waals surface area contributed by atoms with Crippen LogP contribution in [0.1, 0.15) is 57.4 Å². The largest absolute Gasteiger partial charge is 0.508 e. The molecule has 0 spiro atoms. The van der Waals surface area contributed by atoms with Crippen LogP contribution in [0.5, 0.6) is 5.75 Å². The topological polar surface area (TPSA) is 131 Å². The average Bonchev–Trinajstić information content (AvgIpc) is 3.35. The van der Waals surface area contributed by atoms with Crippen LogP contribution in [0.2, 0.25) is 0 Å². The number of amides is 1. The van der Waals surface area contributed by atoms with Gasteiger partial charge in [0.2, 0.25) is 0 Å². The second-order valence-electron chi connectivity index (χ2n) is 13.3. The molecule has 10 heteroatoms. The van der Waals surface area contributed by atoms with Gasteiger partial charge in [0.15, 0.2) is 0 Å². The quantitative estimate of drug-likeness (QED) is 0.250. The van der Waals surface area contributed by atoms with E-state index in [1.807, 2.05) is 6.07 Å². The number of hydrogen-bond acceptors (Lipinski definition) is 8. The molecule has 4 N–H and O–H groups in total. The molecule has 2 atom stereocenters. The minimum atomic E-state index is -0.861. The molecule has 5 rings (SSSR count). The van der Waals surface area contributed by atoms with E-state index >= 15 is 0 Å². The zero-order valence-electron chi connectivity index (χ0n) is 28.1. The second-order valence-corrected chi connectivity index (χ2v) is 13.3. The Labute approximate surface area is 276 Å². The number of methoxy groups -OCH3 is 1. The summed E-state index contributed by atoms with van der Waals surface area (Å²) in [7, 11) is 1.66. The lowest BCUT2D eigenvalue weighted by molar-refractivity contribution is -0.154. The summed E-state index contributed by atoms with van der Waals surface area (Å²) in [5.41, 5.74) is 16.5. The SMILES string of the molecule is C=CC=N/C(COC)=C(\C)c1c2c3cc(ccc3n1CC)-c1cc(O)cc(c1)C[C@H](N)C(=O)N1CCC[C@H](N1)C(=O)OCC(C)(C)C2. The van der Waals surface area contributed by atoms with E-state index in [0.717, 1.165) is 56.7 Å². The van der Waals surface area contributed by atoms with Crippen LogP contribution in [0.4, 0.5) is 0 Å². The number of carbonyl (C=O) groups is 2. The van der Waals surface area contributed by atoms with Gasteiger partial charge in [-0.25, -0.2) is 5.43 Å². The van der Waals surface area contributed by atoms with Gasteiger partial charge >= 0.3 is 5.97 Å². The molecule has 6 bridgehead atoms. The maximum absolute atomic E-state index is 13.3. The van der Waals surface area contributed by atoms with Crippen molar-refractivity contribution < 1.29 is 24.2 Å². The number of allylic oxidation sites excluding steroid dienone is 2. The van der Waals surface area contributed by atoms with Crippen molar-refractivity contribution >= 4 is 34.6 Å². The number of rotatable bonds is 6. The lowest BCUT2D eigenvalue weighted by Crippen LogP contribution is -2.59. The summed E-state index contributed by atoms with van der Waals surface area (Å²) < 4.78 is 13.8. The predicted octanol–water partition coefficient (Wildman–Crippen LogP) is 5.16. The molecule has 3 heterocycles. The summed E-state index contributed by atoms with van der Waals surface area (Å²) in [4.78, 5) is 31.4. The van der Waals surface area contributed by atoms with E-state index in [1.165, 1.54) is 5.01 Å². The monoisotopic (exact) mass is 641 g/mol. The van der Waals surface area contributed by atoms with Crippen molar-refractivity contribution in [1.82, 2.24) is 15.0 Å². The van der Waals surface area contributed by atoms with E-state index in [1.54, 1.807) is 31.5 Å². The molecule has 0 radical (unpaired) electrons. The summed E-state index contributed by atoms with van der Waals surface area (Å²) in [6, 6.07) is 10.2. The number of esters is 1. The van der Waals surface area contributed by atoms with Crippen molar-refractivity contribution in [1.29, 1.82) is 0 Å². The van der Waals surface area contributed by atoms with Gasteiger partial charge in [-0.3, -0.25) is 19.6 Å². The molecule has 2 aliphatic rings. The summed E-state index contributed by atoms with van der Waals surface area (Å²) in [5, 5.41) is 13.3. The van der Waals surface area contributed by atoms with Crippen molar-refractivity contribution in [2.24, 2.45) is 16.1 Å². The van der Waals surface area contributed by atoms with Crippen molar-refractivity contribution in [2.45, 2.75) is 72.0 Å². The van der Waals surface area contributed by atoms with Gasteiger partial charge in [0.1, 0.15) is 11.8 Å². The number of ether oxygens (including phenoxy) is 2. The standard InChI is InChI=1S/C37H47N5O5/c1-7-13-39-32(21-46-6)23(3)34-29-20-37(4,5)22-47-36(45)31-10-9-14-42(40-31)35(44)30(38)17-24-15-26(18-27(43)16-24)25-11-12-33(28(29)19-25)41(34)8-2/h7,11-13,15-16,18-19,30-31,40,43H,1,8-10,14,17,20-22,38H2,2-6H3/b32-23+,39-13?/t30-,31-/m0/s1. The van der Waals surface area contributed by atoms with Crippen LogP contribution in [0, 0.1) is 5.41 Å². The van der Waals surface area contributed by atoms with E-state index in [0.29, 0.717) is 32.4 Å². The Morgan fingerprint density at radius 2 is 2.02 bits per heavy atom.